The van der Waals surface area contributed by atoms with E-state index in [1.807, 2.05) is 20.8 Å². The van der Waals surface area contributed by atoms with Crippen LogP contribution in [0.4, 0.5) is 0 Å². The summed E-state index contributed by atoms with van der Waals surface area (Å²) >= 11 is 1.27. The van der Waals surface area contributed by atoms with Crippen molar-refractivity contribution in [2.75, 3.05) is 5.75 Å². The Balaban J connectivity index is 1.90. The number of hydrogen-bond donors (Lipinski definition) is 1. The van der Waals surface area contributed by atoms with Crippen LogP contribution in [-0.4, -0.2) is 28.0 Å². The van der Waals surface area contributed by atoms with E-state index < -0.39 is 11.8 Å². The number of furan rings is 1. The summed E-state index contributed by atoms with van der Waals surface area (Å²) in [6.45, 7) is 5.76. The van der Waals surface area contributed by atoms with E-state index in [0.29, 0.717) is 29.2 Å². The third kappa shape index (κ3) is 4.33. The maximum absolute atomic E-state index is 12.6. The summed E-state index contributed by atoms with van der Waals surface area (Å²) in [6, 6.07) is 5.84. The molecule has 0 fully saturated rings. The van der Waals surface area contributed by atoms with E-state index in [1.54, 1.807) is 18.4 Å². The van der Waals surface area contributed by atoms with E-state index >= 15 is 0 Å². The van der Waals surface area contributed by atoms with Crippen LogP contribution < -0.4 is 5.32 Å². The van der Waals surface area contributed by atoms with Gasteiger partial charge in [0.25, 0.3) is 0 Å². The number of amides is 1. The second-order valence-electron chi connectivity index (χ2n) is 7.77. The van der Waals surface area contributed by atoms with E-state index in [1.165, 1.54) is 11.8 Å². The second kappa shape index (κ2) is 7.73. The topological polar surface area (TPSA) is 95.5 Å². The SMILES string of the molecule is CC(C)(C)NC(=O)CSC1=NC2=C(C(=O)CCC2)[C@H](c2ccco2)C1C#N. The fraction of sp³-hybridized carbons (Fsp3) is 0.500. The molecule has 2 heterocycles. The highest BCUT2D eigenvalue weighted by molar-refractivity contribution is 8.14. The van der Waals surface area contributed by atoms with Crippen LogP contribution in [0.25, 0.3) is 0 Å². The number of rotatable bonds is 3. The summed E-state index contributed by atoms with van der Waals surface area (Å²) in [5.41, 5.74) is 1.02. The van der Waals surface area contributed by atoms with Crippen molar-refractivity contribution in [3.8, 4) is 6.07 Å². The lowest BCUT2D eigenvalue weighted by Crippen LogP contribution is -2.42. The van der Waals surface area contributed by atoms with Gasteiger partial charge in [-0.1, -0.05) is 11.8 Å². The Morgan fingerprint density at radius 1 is 1.44 bits per heavy atom. The smallest absolute Gasteiger partial charge is 0.230 e. The summed E-state index contributed by atoms with van der Waals surface area (Å²) in [4.78, 5) is 29.4. The van der Waals surface area contributed by atoms with Gasteiger partial charge in [0.15, 0.2) is 5.78 Å². The third-order valence-electron chi connectivity index (χ3n) is 4.44. The standard InChI is InChI=1S/C20H23N3O3S/c1-20(2,3)23-16(25)11-27-19-12(10-21)17(15-8-5-9-26-15)18-13(22-19)6-4-7-14(18)24/h5,8-9,12,17H,4,6-7,11H2,1-3H3,(H,23,25)/t12?,17-/m0/s1. The molecule has 0 saturated heterocycles. The predicted octanol–water partition coefficient (Wildman–Crippen LogP) is 3.57. The van der Waals surface area contributed by atoms with Crippen molar-refractivity contribution in [2.24, 2.45) is 10.9 Å². The van der Waals surface area contributed by atoms with Crippen LogP contribution in [0.15, 0.2) is 39.1 Å². The fourth-order valence-electron chi connectivity index (χ4n) is 3.45. The molecule has 1 aromatic heterocycles. The van der Waals surface area contributed by atoms with Gasteiger partial charge in [-0.25, -0.2) is 4.99 Å². The molecule has 6 nitrogen and oxygen atoms in total. The summed E-state index contributed by atoms with van der Waals surface area (Å²) in [6.07, 6.45) is 3.48. The van der Waals surface area contributed by atoms with Gasteiger partial charge >= 0.3 is 0 Å². The lowest BCUT2D eigenvalue weighted by atomic mass is 9.76. The molecule has 1 amide bonds. The predicted molar refractivity (Wildman–Crippen MR) is 104 cm³/mol. The monoisotopic (exact) mass is 385 g/mol. The molecule has 2 aliphatic rings. The second-order valence-corrected chi connectivity index (χ2v) is 8.77. The maximum Gasteiger partial charge on any atom is 0.230 e. The van der Waals surface area contributed by atoms with Crippen LogP contribution in [0.5, 0.6) is 0 Å². The number of hydrogen-bond acceptors (Lipinski definition) is 6. The van der Waals surface area contributed by atoms with Crippen LogP contribution in [-0.2, 0) is 9.59 Å². The molecule has 2 atom stereocenters. The molecule has 0 spiro atoms. The molecule has 1 aliphatic heterocycles. The number of Topliss-reactive ketones (excluding diaryl/α,β-unsaturated/α-hetero) is 1. The number of aliphatic imine (C=N–C) groups is 1. The Kier molecular flexibility index (Phi) is 5.56. The quantitative estimate of drug-likeness (QED) is 0.858. The molecule has 1 N–H and O–H groups in total. The molecule has 0 bridgehead atoms. The zero-order valence-electron chi connectivity index (χ0n) is 15.7. The van der Waals surface area contributed by atoms with E-state index in [9.17, 15) is 14.9 Å². The highest BCUT2D eigenvalue weighted by atomic mass is 32.2. The van der Waals surface area contributed by atoms with Crippen LogP contribution in [0.2, 0.25) is 0 Å². The van der Waals surface area contributed by atoms with Crippen LogP contribution in [0.1, 0.15) is 51.7 Å². The Hall–Kier alpha value is -2.33. The van der Waals surface area contributed by atoms with Gasteiger partial charge in [0.05, 0.1) is 29.0 Å². The van der Waals surface area contributed by atoms with Gasteiger partial charge in [-0.3, -0.25) is 9.59 Å². The molecule has 0 saturated carbocycles. The minimum absolute atomic E-state index is 0.0381. The molecule has 0 aromatic carbocycles. The van der Waals surface area contributed by atoms with Crippen molar-refractivity contribution in [1.82, 2.24) is 5.32 Å². The van der Waals surface area contributed by atoms with Gasteiger partial charge in [-0.15, -0.1) is 0 Å². The minimum atomic E-state index is -0.635. The number of nitriles is 1. The minimum Gasteiger partial charge on any atom is -0.469 e. The Morgan fingerprint density at radius 3 is 2.85 bits per heavy atom. The number of nitrogens with zero attached hydrogens (tertiary/aromatic N) is 2. The van der Waals surface area contributed by atoms with Crippen molar-refractivity contribution in [3.63, 3.8) is 0 Å². The molecule has 1 aliphatic carbocycles. The lowest BCUT2D eigenvalue weighted by Gasteiger charge is -2.31. The molecule has 1 aromatic rings. The highest BCUT2D eigenvalue weighted by Gasteiger charge is 2.42. The van der Waals surface area contributed by atoms with Gasteiger partial charge in [0.1, 0.15) is 11.7 Å². The largest absolute Gasteiger partial charge is 0.469 e. The van der Waals surface area contributed by atoms with Crippen molar-refractivity contribution in [2.45, 2.75) is 51.5 Å². The molecular weight excluding hydrogens is 362 g/mol. The summed E-state index contributed by atoms with van der Waals surface area (Å²) < 4.78 is 5.56. The third-order valence-corrected chi connectivity index (χ3v) is 5.49. The van der Waals surface area contributed by atoms with Crippen LogP contribution in [0, 0.1) is 17.2 Å². The van der Waals surface area contributed by atoms with E-state index in [0.717, 1.165) is 12.1 Å². The number of carbonyl (C=O) groups excluding carboxylic acids is 2. The number of carbonyl (C=O) groups is 2. The fourth-order valence-corrected chi connectivity index (χ4v) is 4.34. The van der Waals surface area contributed by atoms with Gasteiger partial charge in [-0.05, 0) is 45.7 Å². The van der Waals surface area contributed by atoms with Gasteiger partial charge in [0.2, 0.25) is 5.91 Å². The number of thioether (sulfide) groups is 1. The molecular formula is C20H23N3O3S. The first-order valence-corrected chi connectivity index (χ1v) is 10.0. The van der Waals surface area contributed by atoms with E-state index in [2.05, 4.69) is 16.4 Å². The molecule has 7 heteroatoms. The zero-order chi connectivity index (χ0) is 19.6. The van der Waals surface area contributed by atoms with Crippen molar-refractivity contribution in [3.05, 3.63) is 35.4 Å². The molecule has 1 unspecified atom stereocenters. The van der Waals surface area contributed by atoms with Crippen molar-refractivity contribution >= 4 is 28.5 Å². The average molecular weight is 385 g/mol. The summed E-state index contributed by atoms with van der Waals surface area (Å²) in [7, 11) is 0. The van der Waals surface area contributed by atoms with Gasteiger partial charge < -0.3 is 9.73 Å². The average Bonchev–Trinajstić information content (AvgIpc) is 3.11. The first-order valence-electron chi connectivity index (χ1n) is 9.02. The Morgan fingerprint density at radius 2 is 2.22 bits per heavy atom. The van der Waals surface area contributed by atoms with Crippen molar-refractivity contribution < 1.29 is 14.0 Å². The molecule has 3 rings (SSSR count). The first-order chi connectivity index (χ1) is 12.8. The van der Waals surface area contributed by atoms with Crippen LogP contribution in [0.3, 0.4) is 0 Å². The lowest BCUT2D eigenvalue weighted by molar-refractivity contribution is -0.120. The number of nitrogens with one attached hydrogen (secondary N) is 1. The van der Waals surface area contributed by atoms with Gasteiger partial charge in [0, 0.05) is 23.2 Å². The first kappa shape index (κ1) is 19.4. The summed E-state index contributed by atoms with van der Waals surface area (Å²) in [5.74, 6) is -0.396. The highest BCUT2D eigenvalue weighted by Crippen LogP contribution is 2.44. The van der Waals surface area contributed by atoms with Gasteiger partial charge in [-0.2, -0.15) is 5.26 Å². The van der Waals surface area contributed by atoms with Crippen LogP contribution >= 0.6 is 11.8 Å². The molecule has 0 radical (unpaired) electrons. The van der Waals surface area contributed by atoms with E-state index in [-0.39, 0.29) is 23.0 Å². The Labute approximate surface area is 163 Å². The number of allylic oxidation sites excluding steroid dienone is 2. The van der Waals surface area contributed by atoms with Crippen molar-refractivity contribution in [1.29, 1.82) is 5.26 Å². The molecule has 142 valence electrons. The Bertz CT molecular complexity index is 841. The zero-order valence-corrected chi connectivity index (χ0v) is 16.6. The normalized spacial score (nSPS) is 22.7. The summed E-state index contributed by atoms with van der Waals surface area (Å²) in [5, 5.41) is 13.3. The van der Waals surface area contributed by atoms with E-state index in [4.69, 9.17) is 4.42 Å². The number of ketones is 1. The molecule has 27 heavy (non-hydrogen) atoms. The maximum atomic E-state index is 12.6.